The fourth-order valence-corrected chi connectivity index (χ4v) is 4.53. The maximum atomic E-state index is 13.3. The molecule has 254 valence electrons. The van der Waals surface area contributed by atoms with Crippen LogP contribution in [0.1, 0.15) is 79.7 Å². The number of amides is 4. The Morgan fingerprint density at radius 2 is 1.72 bits per heavy atom. The summed E-state index contributed by atoms with van der Waals surface area (Å²) in [5.41, 5.74) is 3.51. The first-order chi connectivity index (χ1) is 21.6. The quantitative estimate of drug-likeness (QED) is 0.175. The zero-order valence-electron chi connectivity index (χ0n) is 27.9. The Labute approximate surface area is 271 Å². The fourth-order valence-electron chi connectivity index (χ4n) is 4.53. The van der Waals surface area contributed by atoms with E-state index in [0.717, 1.165) is 0 Å². The zero-order chi connectivity index (χ0) is 34.4. The molecule has 1 aromatic rings. The van der Waals surface area contributed by atoms with Gasteiger partial charge in [0.15, 0.2) is 12.4 Å². The van der Waals surface area contributed by atoms with Crippen molar-refractivity contribution in [1.29, 1.82) is 0 Å². The standard InChI is InChI=1S/C33H49N5O8/c1-21(2)19-27(40)34-18-16-28(41)38-25(9-8-17-35-38)31(43)37-30(22(3)4)26(39)20-45-29(42)15-12-23-10-13-24(14-11-23)36-32(44)46-33(5,6)7/h10-15,21-22,25,30,35H,8-9,16-20H2,1-7H3,(H,34,40)(H,36,44)(H,37,43)/b15-12+/t25-,30-/m0/s1. The highest BCUT2D eigenvalue weighted by atomic mass is 16.6. The Bertz CT molecular complexity index is 1250. The van der Waals surface area contributed by atoms with Gasteiger partial charge in [0.2, 0.25) is 17.7 Å². The predicted octanol–water partition coefficient (Wildman–Crippen LogP) is 3.35. The number of benzene rings is 1. The average Bonchev–Trinajstić information content (AvgIpc) is 2.96. The molecule has 2 atom stereocenters. The van der Waals surface area contributed by atoms with Crippen molar-refractivity contribution in [2.75, 3.05) is 25.0 Å². The van der Waals surface area contributed by atoms with E-state index in [-0.39, 0.29) is 36.6 Å². The van der Waals surface area contributed by atoms with Gasteiger partial charge in [-0.05, 0) is 69.2 Å². The molecule has 2 rings (SSSR count). The molecular weight excluding hydrogens is 594 g/mol. The van der Waals surface area contributed by atoms with Gasteiger partial charge in [-0.25, -0.2) is 15.0 Å². The Morgan fingerprint density at radius 1 is 1.04 bits per heavy atom. The van der Waals surface area contributed by atoms with Crippen molar-refractivity contribution >= 4 is 47.3 Å². The largest absolute Gasteiger partial charge is 0.454 e. The van der Waals surface area contributed by atoms with E-state index in [9.17, 15) is 28.8 Å². The highest BCUT2D eigenvalue weighted by Crippen LogP contribution is 2.15. The van der Waals surface area contributed by atoms with Gasteiger partial charge in [-0.3, -0.25) is 29.5 Å². The molecule has 13 heteroatoms. The first-order valence-electron chi connectivity index (χ1n) is 15.7. The van der Waals surface area contributed by atoms with Crippen molar-refractivity contribution in [1.82, 2.24) is 21.1 Å². The minimum atomic E-state index is -0.941. The molecule has 0 bridgehead atoms. The van der Waals surface area contributed by atoms with Gasteiger partial charge in [-0.1, -0.05) is 39.8 Å². The van der Waals surface area contributed by atoms with Gasteiger partial charge < -0.3 is 20.1 Å². The number of Topliss-reactive ketones (excluding diaryl/α,β-unsaturated/α-hetero) is 1. The van der Waals surface area contributed by atoms with E-state index in [1.165, 1.54) is 17.2 Å². The summed E-state index contributed by atoms with van der Waals surface area (Å²) in [6.45, 7) is 12.8. The van der Waals surface area contributed by atoms with E-state index in [2.05, 4.69) is 21.4 Å². The lowest BCUT2D eigenvalue weighted by Crippen LogP contribution is -2.61. The average molecular weight is 644 g/mol. The summed E-state index contributed by atoms with van der Waals surface area (Å²) in [5.74, 6) is -2.32. The monoisotopic (exact) mass is 643 g/mol. The summed E-state index contributed by atoms with van der Waals surface area (Å²) in [7, 11) is 0. The number of nitrogens with zero attached hydrogens (tertiary/aromatic N) is 1. The van der Waals surface area contributed by atoms with Crippen molar-refractivity contribution in [2.45, 2.75) is 91.8 Å². The number of rotatable bonds is 14. The number of ketones is 1. The smallest absolute Gasteiger partial charge is 0.412 e. The third-order valence-electron chi connectivity index (χ3n) is 6.71. The van der Waals surface area contributed by atoms with Crippen molar-refractivity contribution in [3.05, 3.63) is 35.9 Å². The van der Waals surface area contributed by atoms with Gasteiger partial charge in [-0.15, -0.1) is 0 Å². The number of ether oxygens (including phenoxy) is 2. The second kappa shape index (κ2) is 18.0. The second-order valence-electron chi connectivity index (χ2n) is 12.9. The maximum Gasteiger partial charge on any atom is 0.412 e. The normalized spacial score (nSPS) is 15.8. The molecule has 0 unspecified atom stereocenters. The molecule has 0 radical (unpaired) electrons. The third-order valence-corrected chi connectivity index (χ3v) is 6.71. The minimum Gasteiger partial charge on any atom is -0.454 e. The van der Waals surface area contributed by atoms with Crippen LogP contribution in [-0.2, 0) is 33.4 Å². The summed E-state index contributed by atoms with van der Waals surface area (Å²) in [4.78, 5) is 75.3. The Balaban J connectivity index is 1.89. The first-order valence-corrected chi connectivity index (χ1v) is 15.7. The summed E-state index contributed by atoms with van der Waals surface area (Å²) in [6, 6.07) is 4.89. The van der Waals surface area contributed by atoms with Crippen LogP contribution in [0.2, 0.25) is 0 Å². The van der Waals surface area contributed by atoms with Gasteiger partial charge in [0.1, 0.15) is 11.6 Å². The van der Waals surface area contributed by atoms with Crippen LogP contribution in [0, 0.1) is 11.8 Å². The van der Waals surface area contributed by atoms with Crippen LogP contribution >= 0.6 is 0 Å². The maximum absolute atomic E-state index is 13.3. The highest BCUT2D eigenvalue weighted by molar-refractivity contribution is 5.95. The van der Waals surface area contributed by atoms with Crippen LogP contribution < -0.4 is 21.4 Å². The molecular formula is C33H49N5O8. The van der Waals surface area contributed by atoms with E-state index in [0.29, 0.717) is 37.1 Å². The third kappa shape index (κ3) is 13.8. The predicted molar refractivity (Wildman–Crippen MR) is 173 cm³/mol. The van der Waals surface area contributed by atoms with Gasteiger partial charge in [0, 0.05) is 37.7 Å². The van der Waals surface area contributed by atoms with Crippen LogP contribution in [0.5, 0.6) is 0 Å². The molecule has 4 amide bonds. The van der Waals surface area contributed by atoms with E-state index < -0.39 is 48.0 Å². The molecule has 1 aliphatic heterocycles. The number of nitrogens with one attached hydrogen (secondary N) is 4. The Morgan fingerprint density at radius 3 is 2.33 bits per heavy atom. The number of esters is 1. The SMILES string of the molecule is CC(C)CC(=O)NCCC(=O)N1NCCC[C@H]1C(=O)N[C@H](C(=O)COC(=O)/C=C/c1ccc(NC(=O)OC(C)(C)C)cc1)C(C)C. The van der Waals surface area contributed by atoms with Crippen molar-refractivity contribution in [3.8, 4) is 0 Å². The summed E-state index contributed by atoms with van der Waals surface area (Å²) < 4.78 is 10.4. The van der Waals surface area contributed by atoms with Crippen LogP contribution in [0.3, 0.4) is 0 Å². The lowest BCUT2D eigenvalue weighted by molar-refractivity contribution is -0.148. The van der Waals surface area contributed by atoms with Crippen LogP contribution in [0.4, 0.5) is 10.5 Å². The summed E-state index contributed by atoms with van der Waals surface area (Å²) in [6.07, 6.45) is 3.53. The molecule has 4 N–H and O–H groups in total. The number of anilines is 1. The zero-order valence-corrected chi connectivity index (χ0v) is 27.9. The van der Waals surface area contributed by atoms with Gasteiger partial charge in [0.05, 0.1) is 6.04 Å². The van der Waals surface area contributed by atoms with Gasteiger partial charge in [-0.2, -0.15) is 0 Å². The van der Waals surface area contributed by atoms with E-state index >= 15 is 0 Å². The van der Waals surface area contributed by atoms with E-state index in [4.69, 9.17) is 9.47 Å². The Hall–Kier alpha value is -4.26. The molecule has 1 aliphatic rings. The molecule has 1 aromatic carbocycles. The van der Waals surface area contributed by atoms with Crippen molar-refractivity contribution < 1.29 is 38.2 Å². The number of carbonyl (C=O) groups excluding carboxylic acids is 6. The topological polar surface area (TPSA) is 172 Å². The molecule has 1 fully saturated rings. The molecule has 0 saturated carbocycles. The fraction of sp³-hybridized carbons (Fsp3) is 0.576. The van der Waals surface area contributed by atoms with Crippen LogP contribution in [0.15, 0.2) is 30.3 Å². The molecule has 1 heterocycles. The second-order valence-corrected chi connectivity index (χ2v) is 12.9. The first kappa shape index (κ1) is 37.9. The van der Waals surface area contributed by atoms with Crippen LogP contribution in [0.25, 0.3) is 6.08 Å². The van der Waals surface area contributed by atoms with Crippen molar-refractivity contribution in [3.63, 3.8) is 0 Å². The molecule has 13 nitrogen and oxygen atoms in total. The van der Waals surface area contributed by atoms with Crippen LogP contribution in [-0.4, -0.2) is 78.0 Å². The molecule has 1 saturated heterocycles. The number of hydrogen-bond donors (Lipinski definition) is 4. The van der Waals surface area contributed by atoms with E-state index in [1.807, 2.05) is 13.8 Å². The van der Waals surface area contributed by atoms with E-state index in [1.54, 1.807) is 58.9 Å². The highest BCUT2D eigenvalue weighted by Gasteiger charge is 2.35. The lowest BCUT2D eigenvalue weighted by atomic mass is 9.98. The number of hydrogen-bond acceptors (Lipinski definition) is 9. The lowest BCUT2D eigenvalue weighted by Gasteiger charge is -2.36. The van der Waals surface area contributed by atoms with Crippen molar-refractivity contribution in [2.24, 2.45) is 11.8 Å². The van der Waals surface area contributed by atoms with Gasteiger partial charge in [0.25, 0.3) is 0 Å². The Kier molecular flexibility index (Phi) is 14.9. The summed E-state index contributed by atoms with van der Waals surface area (Å²) >= 11 is 0. The number of hydrazine groups is 1. The minimum absolute atomic E-state index is 0.0176. The molecule has 46 heavy (non-hydrogen) atoms. The molecule has 0 aromatic heterocycles. The van der Waals surface area contributed by atoms with Gasteiger partial charge >= 0.3 is 12.1 Å². The summed E-state index contributed by atoms with van der Waals surface area (Å²) in [5, 5.41) is 9.36. The molecule has 0 aliphatic carbocycles. The number of carbonyl (C=O) groups is 6. The molecule has 0 spiro atoms.